The lowest BCUT2D eigenvalue weighted by atomic mass is 9.83. The van der Waals surface area contributed by atoms with Gasteiger partial charge in [0.15, 0.2) is 0 Å². The van der Waals surface area contributed by atoms with E-state index in [9.17, 15) is 0 Å². The van der Waals surface area contributed by atoms with E-state index in [1.165, 1.54) is 0 Å². The van der Waals surface area contributed by atoms with Gasteiger partial charge in [0.05, 0.1) is 5.66 Å². The van der Waals surface area contributed by atoms with Gasteiger partial charge in [-0.1, -0.05) is 0 Å². The molecule has 0 radical (unpaired) electrons. The number of rotatable bonds is 0. The Kier molecular flexibility index (Phi) is 2.10. The van der Waals surface area contributed by atoms with Crippen LogP contribution in [0, 0.1) is 0 Å². The zero-order valence-corrected chi connectivity index (χ0v) is 10.4. The molecule has 13 heavy (non-hydrogen) atoms. The summed E-state index contributed by atoms with van der Waals surface area (Å²) in [6.07, 6.45) is 0. The molecule has 0 aliphatic carbocycles. The van der Waals surface area contributed by atoms with Crippen LogP contribution >= 0.6 is 0 Å². The van der Waals surface area contributed by atoms with E-state index in [-0.39, 0.29) is 16.7 Å². The van der Waals surface area contributed by atoms with Crippen molar-refractivity contribution in [3.8, 4) is 0 Å². The number of hydrogen-bond donors (Lipinski definition) is 0. The van der Waals surface area contributed by atoms with Gasteiger partial charge < -0.3 is 0 Å². The average Bonchev–Trinajstić information content (AvgIpc) is 2.05. The van der Waals surface area contributed by atoms with Gasteiger partial charge in [-0.15, -0.1) is 0 Å². The third-order valence-corrected chi connectivity index (χ3v) is 4.82. The molecule has 0 bridgehead atoms. The highest BCUT2D eigenvalue weighted by Gasteiger charge is 2.57. The maximum Gasteiger partial charge on any atom is 0.0684 e. The topological polar surface area (TPSA) is 6.48 Å². The predicted molar refractivity (Wildman–Crippen MR) is 57.8 cm³/mol. The van der Waals surface area contributed by atoms with Crippen LogP contribution in [-0.4, -0.2) is 40.6 Å². The summed E-state index contributed by atoms with van der Waals surface area (Å²) < 4.78 is 0. The van der Waals surface area contributed by atoms with Crippen LogP contribution in [0.3, 0.4) is 0 Å². The molecule has 2 heteroatoms. The van der Waals surface area contributed by atoms with E-state index in [2.05, 4.69) is 65.4 Å². The fourth-order valence-corrected chi connectivity index (χ4v) is 2.41. The van der Waals surface area contributed by atoms with Crippen molar-refractivity contribution in [2.24, 2.45) is 0 Å². The standard InChI is InChI=1S/C11H24N2/c1-9(2)10(3,4)13(8)11(5,6)12(9)7/h1-8H3. The first kappa shape index (κ1) is 11.0. The highest BCUT2D eigenvalue weighted by Crippen LogP contribution is 2.46. The van der Waals surface area contributed by atoms with Crippen molar-refractivity contribution in [1.29, 1.82) is 0 Å². The fourth-order valence-electron chi connectivity index (χ4n) is 2.41. The van der Waals surface area contributed by atoms with E-state index in [1.807, 2.05) is 0 Å². The van der Waals surface area contributed by atoms with E-state index < -0.39 is 0 Å². The Hall–Kier alpha value is -0.0800. The summed E-state index contributed by atoms with van der Waals surface area (Å²) in [5, 5.41) is 0. The lowest BCUT2D eigenvalue weighted by Crippen LogP contribution is -2.52. The van der Waals surface area contributed by atoms with Crippen molar-refractivity contribution in [1.82, 2.24) is 9.80 Å². The van der Waals surface area contributed by atoms with Gasteiger partial charge in [0.2, 0.25) is 0 Å². The molecule has 2 nitrogen and oxygen atoms in total. The van der Waals surface area contributed by atoms with Gasteiger partial charge in [-0.3, -0.25) is 9.80 Å². The molecule has 1 aliphatic rings. The molecule has 1 fully saturated rings. The van der Waals surface area contributed by atoms with E-state index >= 15 is 0 Å². The van der Waals surface area contributed by atoms with Crippen LogP contribution in [0.4, 0.5) is 0 Å². The Bertz CT molecular complexity index is 194. The highest BCUT2D eigenvalue weighted by atomic mass is 15.5. The van der Waals surface area contributed by atoms with Crippen molar-refractivity contribution in [2.75, 3.05) is 14.1 Å². The molecule has 0 aromatic rings. The summed E-state index contributed by atoms with van der Waals surface area (Å²) in [6, 6.07) is 0. The van der Waals surface area contributed by atoms with Crippen molar-refractivity contribution in [2.45, 2.75) is 58.3 Å². The minimum absolute atomic E-state index is 0.146. The SMILES string of the molecule is CN1C(C)(C)N(C)C(C)(C)C1(C)C. The van der Waals surface area contributed by atoms with Crippen molar-refractivity contribution >= 4 is 0 Å². The third kappa shape index (κ3) is 1.08. The van der Waals surface area contributed by atoms with Gasteiger partial charge in [0.1, 0.15) is 0 Å². The summed E-state index contributed by atoms with van der Waals surface area (Å²) in [5.74, 6) is 0. The van der Waals surface area contributed by atoms with Crippen LogP contribution in [0.1, 0.15) is 41.5 Å². The first-order valence-electron chi connectivity index (χ1n) is 5.04. The molecule has 0 N–H and O–H groups in total. The summed E-state index contributed by atoms with van der Waals surface area (Å²) >= 11 is 0. The van der Waals surface area contributed by atoms with Crippen molar-refractivity contribution < 1.29 is 0 Å². The molecule has 1 aliphatic heterocycles. The summed E-state index contributed by atoms with van der Waals surface area (Å²) in [5.41, 5.74) is 0.573. The van der Waals surface area contributed by atoms with E-state index in [0.717, 1.165) is 0 Å². The molecule has 1 saturated heterocycles. The fraction of sp³-hybridized carbons (Fsp3) is 1.00. The van der Waals surface area contributed by atoms with Gasteiger partial charge in [-0.2, -0.15) is 0 Å². The molecule has 1 rings (SSSR count). The van der Waals surface area contributed by atoms with Crippen LogP contribution in [0.2, 0.25) is 0 Å². The van der Waals surface area contributed by atoms with Gasteiger partial charge in [0.25, 0.3) is 0 Å². The molecule has 1 heterocycles. The molecule has 0 amide bonds. The highest BCUT2D eigenvalue weighted by molar-refractivity contribution is 5.12. The Labute approximate surface area is 82.9 Å². The number of hydrogen-bond acceptors (Lipinski definition) is 2. The molecule has 0 atom stereocenters. The maximum absolute atomic E-state index is 2.46. The van der Waals surface area contributed by atoms with E-state index in [0.29, 0.717) is 0 Å². The Morgan fingerprint density at radius 2 is 0.846 bits per heavy atom. The molecule has 0 spiro atoms. The Morgan fingerprint density at radius 1 is 0.615 bits per heavy atom. The quantitative estimate of drug-likeness (QED) is 0.569. The lowest BCUT2D eigenvalue weighted by Gasteiger charge is -2.40. The smallest absolute Gasteiger partial charge is 0.0684 e. The van der Waals surface area contributed by atoms with E-state index in [1.54, 1.807) is 0 Å². The summed E-state index contributed by atoms with van der Waals surface area (Å²) in [4.78, 5) is 4.92. The van der Waals surface area contributed by atoms with Crippen LogP contribution in [0.15, 0.2) is 0 Å². The molecular weight excluding hydrogens is 160 g/mol. The molecule has 78 valence electrons. The Balaban J connectivity index is 3.20. The van der Waals surface area contributed by atoms with Gasteiger partial charge in [-0.25, -0.2) is 0 Å². The molecule has 0 unspecified atom stereocenters. The van der Waals surface area contributed by atoms with Crippen LogP contribution in [-0.2, 0) is 0 Å². The molecule has 0 aromatic heterocycles. The second kappa shape index (κ2) is 2.48. The average molecular weight is 184 g/mol. The van der Waals surface area contributed by atoms with Gasteiger partial charge in [-0.05, 0) is 55.6 Å². The second-order valence-corrected chi connectivity index (χ2v) is 5.73. The third-order valence-electron chi connectivity index (χ3n) is 4.82. The largest absolute Gasteiger partial charge is 0.282 e. The zero-order chi connectivity index (χ0) is 10.7. The van der Waals surface area contributed by atoms with Crippen LogP contribution < -0.4 is 0 Å². The number of likely N-dealkylation sites (N-methyl/N-ethyl adjacent to an activating group) is 2. The summed E-state index contributed by atoms with van der Waals surface area (Å²) in [6.45, 7) is 13.8. The van der Waals surface area contributed by atoms with Crippen LogP contribution in [0.25, 0.3) is 0 Å². The predicted octanol–water partition coefficient (Wildman–Crippen LogP) is 2.16. The molecular formula is C11H24N2. The van der Waals surface area contributed by atoms with Crippen molar-refractivity contribution in [3.63, 3.8) is 0 Å². The maximum atomic E-state index is 2.46. The zero-order valence-electron chi connectivity index (χ0n) is 10.4. The molecule has 0 saturated carbocycles. The van der Waals surface area contributed by atoms with Gasteiger partial charge in [0, 0.05) is 11.1 Å². The minimum atomic E-state index is 0.146. The lowest BCUT2D eigenvalue weighted by molar-refractivity contribution is 0.0505. The first-order valence-corrected chi connectivity index (χ1v) is 5.04. The monoisotopic (exact) mass is 184 g/mol. The van der Waals surface area contributed by atoms with E-state index in [4.69, 9.17) is 0 Å². The first-order chi connectivity index (χ1) is 5.56. The normalized spacial score (nSPS) is 32.3. The van der Waals surface area contributed by atoms with Crippen LogP contribution in [0.5, 0.6) is 0 Å². The minimum Gasteiger partial charge on any atom is -0.282 e. The Morgan fingerprint density at radius 3 is 0.923 bits per heavy atom. The van der Waals surface area contributed by atoms with Crippen molar-refractivity contribution in [3.05, 3.63) is 0 Å². The number of nitrogens with zero attached hydrogens (tertiary/aromatic N) is 2. The second-order valence-electron chi connectivity index (χ2n) is 5.73. The summed E-state index contributed by atoms with van der Waals surface area (Å²) in [7, 11) is 4.43. The van der Waals surface area contributed by atoms with Gasteiger partial charge >= 0.3 is 0 Å². The molecule has 0 aromatic carbocycles.